The van der Waals surface area contributed by atoms with E-state index in [-0.39, 0.29) is 18.4 Å². The van der Waals surface area contributed by atoms with Gasteiger partial charge in [0.05, 0.1) is 12.3 Å². The smallest absolute Gasteiger partial charge is 0.262 e. The topological polar surface area (TPSA) is 120 Å². The number of hydrogen-bond acceptors (Lipinski definition) is 7. The molecule has 1 aromatic heterocycles. The summed E-state index contributed by atoms with van der Waals surface area (Å²) in [5.74, 6) is 0.700. The average molecular weight is 458 g/mol. The second-order valence-corrected chi connectivity index (χ2v) is 7.07. The van der Waals surface area contributed by atoms with Crippen LogP contribution in [0.4, 0.5) is 11.4 Å². The van der Waals surface area contributed by atoms with Crippen LogP contribution in [0.2, 0.25) is 0 Å². The Kier molecular flexibility index (Phi) is 7.09. The molecule has 2 amide bonds. The quantitative estimate of drug-likeness (QED) is 0.395. The van der Waals surface area contributed by atoms with Crippen molar-refractivity contribution in [3.8, 4) is 17.2 Å². The van der Waals surface area contributed by atoms with E-state index in [4.69, 9.17) is 9.47 Å². The Bertz CT molecular complexity index is 1220. The van der Waals surface area contributed by atoms with E-state index in [1.54, 1.807) is 72.8 Å². The predicted molar refractivity (Wildman–Crippen MR) is 125 cm³/mol. The van der Waals surface area contributed by atoms with Gasteiger partial charge in [-0.15, -0.1) is 5.10 Å². The molecule has 0 aliphatic carbocycles. The fourth-order valence-corrected chi connectivity index (χ4v) is 3.03. The van der Waals surface area contributed by atoms with Crippen LogP contribution in [0.3, 0.4) is 0 Å². The average Bonchev–Trinajstić information content (AvgIpc) is 3.40. The summed E-state index contributed by atoms with van der Waals surface area (Å²) >= 11 is 0. The van der Waals surface area contributed by atoms with E-state index in [0.29, 0.717) is 29.3 Å². The standard InChI is InChI=1S/C24H22N6O4/c1-2-33-21-11-7-19(8-12-21)27-24(32)17-3-5-18(6-4-17)26-23(31)15-34-22-13-9-20(10-14-22)30-16-25-28-29-30/h3-14,16H,2,15H2,1H3,(H,26,31)(H,27,32). The molecule has 4 aromatic rings. The molecular formula is C24H22N6O4. The second-order valence-electron chi connectivity index (χ2n) is 7.07. The van der Waals surface area contributed by atoms with Gasteiger partial charge < -0.3 is 20.1 Å². The van der Waals surface area contributed by atoms with Gasteiger partial charge in [0.15, 0.2) is 6.61 Å². The number of carbonyl (C=O) groups is 2. The van der Waals surface area contributed by atoms with Crippen LogP contribution in [0.25, 0.3) is 5.69 Å². The Balaban J connectivity index is 1.25. The van der Waals surface area contributed by atoms with Crippen LogP contribution in [0.15, 0.2) is 79.1 Å². The van der Waals surface area contributed by atoms with Gasteiger partial charge in [-0.05, 0) is 90.1 Å². The Labute approximate surface area is 195 Å². The van der Waals surface area contributed by atoms with Gasteiger partial charge in [-0.1, -0.05) is 0 Å². The maximum atomic E-state index is 12.5. The van der Waals surface area contributed by atoms with Crippen molar-refractivity contribution in [1.29, 1.82) is 0 Å². The zero-order chi connectivity index (χ0) is 23.8. The molecule has 0 fully saturated rings. The summed E-state index contributed by atoms with van der Waals surface area (Å²) in [7, 11) is 0. The fraction of sp³-hybridized carbons (Fsp3) is 0.125. The lowest BCUT2D eigenvalue weighted by Crippen LogP contribution is -2.20. The number of hydrogen-bond donors (Lipinski definition) is 2. The van der Waals surface area contributed by atoms with Crippen LogP contribution >= 0.6 is 0 Å². The number of amides is 2. The third-order valence-electron chi connectivity index (χ3n) is 4.67. The largest absolute Gasteiger partial charge is 0.494 e. The molecule has 1 heterocycles. The number of rotatable bonds is 9. The lowest BCUT2D eigenvalue weighted by atomic mass is 10.2. The van der Waals surface area contributed by atoms with Crippen LogP contribution in [0.1, 0.15) is 17.3 Å². The molecule has 0 unspecified atom stereocenters. The van der Waals surface area contributed by atoms with E-state index in [1.807, 2.05) is 6.92 Å². The molecule has 34 heavy (non-hydrogen) atoms. The molecule has 0 saturated carbocycles. The highest BCUT2D eigenvalue weighted by Crippen LogP contribution is 2.18. The number of tetrazole rings is 1. The first kappa shape index (κ1) is 22.5. The minimum absolute atomic E-state index is 0.162. The first-order valence-electron chi connectivity index (χ1n) is 10.5. The van der Waals surface area contributed by atoms with Gasteiger partial charge in [-0.25, -0.2) is 4.68 Å². The molecule has 4 rings (SSSR count). The lowest BCUT2D eigenvalue weighted by molar-refractivity contribution is -0.118. The van der Waals surface area contributed by atoms with Gasteiger partial charge in [0.1, 0.15) is 17.8 Å². The number of benzene rings is 3. The molecular weight excluding hydrogens is 436 g/mol. The van der Waals surface area contributed by atoms with Crippen molar-refractivity contribution in [3.05, 3.63) is 84.7 Å². The maximum absolute atomic E-state index is 12.5. The highest BCUT2D eigenvalue weighted by molar-refractivity contribution is 6.04. The number of nitrogens with zero attached hydrogens (tertiary/aromatic N) is 4. The summed E-state index contributed by atoms with van der Waals surface area (Å²) in [4.78, 5) is 24.7. The van der Waals surface area contributed by atoms with E-state index in [1.165, 1.54) is 11.0 Å². The van der Waals surface area contributed by atoms with Crippen LogP contribution in [-0.2, 0) is 4.79 Å². The predicted octanol–water partition coefficient (Wildman–Crippen LogP) is 3.33. The Morgan fingerprint density at radius 3 is 2.09 bits per heavy atom. The third-order valence-corrected chi connectivity index (χ3v) is 4.67. The highest BCUT2D eigenvalue weighted by atomic mass is 16.5. The monoisotopic (exact) mass is 458 g/mol. The summed E-state index contributed by atoms with van der Waals surface area (Å²) in [6.07, 6.45) is 1.48. The number of nitrogens with one attached hydrogen (secondary N) is 2. The van der Waals surface area contributed by atoms with E-state index in [9.17, 15) is 9.59 Å². The second kappa shape index (κ2) is 10.7. The van der Waals surface area contributed by atoms with Gasteiger partial charge in [0.25, 0.3) is 11.8 Å². The van der Waals surface area contributed by atoms with Crippen molar-refractivity contribution in [2.24, 2.45) is 0 Å². The summed E-state index contributed by atoms with van der Waals surface area (Å²) in [5.41, 5.74) is 2.45. The van der Waals surface area contributed by atoms with Crippen LogP contribution in [0, 0.1) is 0 Å². The number of aromatic nitrogens is 4. The number of anilines is 2. The molecule has 0 radical (unpaired) electrons. The molecule has 0 saturated heterocycles. The minimum atomic E-state index is -0.323. The molecule has 10 heteroatoms. The van der Waals surface area contributed by atoms with Crippen molar-refractivity contribution in [3.63, 3.8) is 0 Å². The summed E-state index contributed by atoms with van der Waals surface area (Å²) in [5, 5.41) is 16.5. The van der Waals surface area contributed by atoms with Gasteiger partial charge in [-0.2, -0.15) is 0 Å². The maximum Gasteiger partial charge on any atom is 0.262 e. The molecule has 2 N–H and O–H groups in total. The molecule has 0 bridgehead atoms. The van der Waals surface area contributed by atoms with E-state index in [2.05, 4.69) is 26.2 Å². The Morgan fingerprint density at radius 2 is 1.44 bits per heavy atom. The SMILES string of the molecule is CCOc1ccc(NC(=O)c2ccc(NC(=O)COc3ccc(-n4cnnn4)cc3)cc2)cc1. The molecule has 0 aliphatic rings. The van der Waals surface area contributed by atoms with Gasteiger partial charge in [-0.3, -0.25) is 9.59 Å². The van der Waals surface area contributed by atoms with Crippen LogP contribution < -0.4 is 20.1 Å². The van der Waals surface area contributed by atoms with Crippen molar-refractivity contribution in [2.45, 2.75) is 6.92 Å². The highest BCUT2D eigenvalue weighted by Gasteiger charge is 2.09. The van der Waals surface area contributed by atoms with Crippen molar-refractivity contribution in [1.82, 2.24) is 20.2 Å². The van der Waals surface area contributed by atoms with Crippen molar-refractivity contribution >= 4 is 23.2 Å². The zero-order valence-corrected chi connectivity index (χ0v) is 18.3. The Morgan fingerprint density at radius 1 is 0.824 bits per heavy atom. The summed E-state index contributed by atoms with van der Waals surface area (Å²) < 4.78 is 12.4. The molecule has 0 spiro atoms. The van der Waals surface area contributed by atoms with Gasteiger partial charge in [0.2, 0.25) is 0 Å². The molecule has 172 valence electrons. The number of ether oxygens (including phenoxy) is 2. The fourth-order valence-electron chi connectivity index (χ4n) is 3.03. The van der Waals surface area contributed by atoms with E-state index in [0.717, 1.165) is 11.4 Å². The Hall–Kier alpha value is -4.73. The molecule has 3 aromatic carbocycles. The normalized spacial score (nSPS) is 10.4. The first-order valence-corrected chi connectivity index (χ1v) is 10.5. The van der Waals surface area contributed by atoms with Crippen molar-refractivity contribution in [2.75, 3.05) is 23.8 Å². The summed E-state index contributed by atoms with van der Waals surface area (Å²) in [6, 6.07) is 20.7. The zero-order valence-electron chi connectivity index (χ0n) is 18.3. The van der Waals surface area contributed by atoms with Crippen LogP contribution in [0.5, 0.6) is 11.5 Å². The molecule has 0 aliphatic heterocycles. The molecule has 0 atom stereocenters. The van der Waals surface area contributed by atoms with Crippen molar-refractivity contribution < 1.29 is 19.1 Å². The summed E-state index contributed by atoms with van der Waals surface area (Å²) in [6.45, 7) is 2.33. The molecule has 10 nitrogen and oxygen atoms in total. The van der Waals surface area contributed by atoms with E-state index < -0.39 is 0 Å². The van der Waals surface area contributed by atoms with Gasteiger partial charge >= 0.3 is 0 Å². The van der Waals surface area contributed by atoms with E-state index >= 15 is 0 Å². The minimum Gasteiger partial charge on any atom is -0.494 e. The first-order chi connectivity index (χ1) is 16.6. The number of carbonyl (C=O) groups excluding carboxylic acids is 2. The third kappa shape index (κ3) is 5.94. The lowest BCUT2D eigenvalue weighted by Gasteiger charge is -2.09. The van der Waals surface area contributed by atoms with Gasteiger partial charge in [0, 0.05) is 16.9 Å². The van der Waals surface area contributed by atoms with Crippen LogP contribution in [-0.4, -0.2) is 45.2 Å².